The molecule has 0 bridgehead atoms. The maximum Gasteiger partial charge on any atom is 0.231 e. The van der Waals surface area contributed by atoms with Crippen LogP contribution in [0.2, 0.25) is 0 Å². The Bertz CT molecular complexity index is 389. The Labute approximate surface area is 95.8 Å². The van der Waals surface area contributed by atoms with Gasteiger partial charge in [0.05, 0.1) is 13.7 Å². The molecule has 0 saturated heterocycles. The first kappa shape index (κ1) is 12.5. The molecule has 0 radical (unpaired) electrons. The van der Waals surface area contributed by atoms with Crippen LogP contribution in [0.4, 0.5) is 0 Å². The highest BCUT2D eigenvalue weighted by Crippen LogP contribution is 2.22. The van der Waals surface area contributed by atoms with Crippen LogP contribution in [-0.4, -0.2) is 19.6 Å². The van der Waals surface area contributed by atoms with Gasteiger partial charge in [-0.1, -0.05) is 6.07 Å². The molecule has 1 aromatic carbocycles. The molecular weight excluding hydrogens is 204 g/mol. The molecule has 0 aliphatic rings. The average Bonchev–Trinajstić information content (AvgIpc) is 2.22. The van der Waals surface area contributed by atoms with Crippen molar-refractivity contribution < 1.29 is 9.53 Å². The molecule has 0 fully saturated rings. The largest absolute Gasteiger partial charge is 0.496 e. The molecule has 88 valence electrons. The van der Waals surface area contributed by atoms with E-state index in [4.69, 9.17) is 10.5 Å². The normalized spacial score (nSPS) is 10.2. The van der Waals surface area contributed by atoms with Crippen molar-refractivity contribution in [2.75, 3.05) is 13.7 Å². The van der Waals surface area contributed by atoms with Crippen LogP contribution >= 0.6 is 0 Å². The van der Waals surface area contributed by atoms with Gasteiger partial charge in [0.15, 0.2) is 0 Å². The number of rotatable bonds is 5. The van der Waals surface area contributed by atoms with Crippen molar-refractivity contribution in [2.24, 2.45) is 5.73 Å². The molecule has 0 atom stereocenters. The van der Waals surface area contributed by atoms with Crippen LogP contribution < -0.4 is 15.8 Å². The smallest absolute Gasteiger partial charge is 0.231 e. The van der Waals surface area contributed by atoms with E-state index in [9.17, 15) is 4.79 Å². The van der Waals surface area contributed by atoms with Gasteiger partial charge in [-0.05, 0) is 36.6 Å². The van der Waals surface area contributed by atoms with Crippen molar-refractivity contribution in [1.82, 2.24) is 5.32 Å². The molecular formula is C12H18N2O2. The highest BCUT2D eigenvalue weighted by Gasteiger charge is 2.04. The van der Waals surface area contributed by atoms with E-state index in [0.29, 0.717) is 6.54 Å². The summed E-state index contributed by atoms with van der Waals surface area (Å²) in [6.07, 6.45) is 0. The third-order valence-corrected chi connectivity index (χ3v) is 2.47. The summed E-state index contributed by atoms with van der Waals surface area (Å²) in [5.74, 6) is 0.541. The lowest BCUT2D eigenvalue weighted by Crippen LogP contribution is -2.28. The van der Waals surface area contributed by atoms with E-state index in [-0.39, 0.29) is 12.5 Å². The number of ether oxygens (including phenoxy) is 1. The van der Waals surface area contributed by atoms with Crippen molar-refractivity contribution in [2.45, 2.75) is 20.4 Å². The highest BCUT2D eigenvalue weighted by atomic mass is 16.5. The number of hydrogen-bond donors (Lipinski definition) is 2. The molecule has 1 rings (SSSR count). The lowest BCUT2D eigenvalue weighted by Gasteiger charge is -2.11. The number of carbonyl (C=O) groups excluding carboxylic acids is 1. The van der Waals surface area contributed by atoms with Crippen LogP contribution in [0.25, 0.3) is 0 Å². The van der Waals surface area contributed by atoms with Crippen LogP contribution in [0.3, 0.4) is 0 Å². The van der Waals surface area contributed by atoms with E-state index < -0.39 is 0 Å². The Kier molecular flexibility index (Phi) is 4.31. The number of benzene rings is 1. The zero-order chi connectivity index (χ0) is 12.1. The predicted molar refractivity (Wildman–Crippen MR) is 63.4 cm³/mol. The Balaban J connectivity index is 2.73. The van der Waals surface area contributed by atoms with Gasteiger partial charge in [0.2, 0.25) is 5.91 Å². The lowest BCUT2D eigenvalue weighted by atomic mass is 10.0. The number of carbonyl (C=O) groups is 1. The molecule has 1 amide bonds. The van der Waals surface area contributed by atoms with Crippen molar-refractivity contribution in [3.8, 4) is 5.75 Å². The first-order valence-corrected chi connectivity index (χ1v) is 5.17. The maximum atomic E-state index is 10.6. The summed E-state index contributed by atoms with van der Waals surface area (Å²) < 4.78 is 5.23. The molecule has 1 aromatic rings. The van der Waals surface area contributed by atoms with Crippen LogP contribution in [0.1, 0.15) is 16.7 Å². The van der Waals surface area contributed by atoms with Gasteiger partial charge in [-0.2, -0.15) is 0 Å². The monoisotopic (exact) mass is 222 g/mol. The zero-order valence-corrected chi connectivity index (χ0v) is 9.96. The van der Waals surface area contributed by atoms with Crippen molar-refractivity contribution in [1.29, 1.82) is 0 Å². The third-order valence-electron chi connectivity index (χ3n) is 2.47. The van der Waals surface area contributed by atoms with Crippen LogP contribution in [-0.2, 0) is 11.3 Å². The van der Waals surface area contributed by atoms with Gasteiger partial charge in [0.1, 0.15) is 5.75 Å². The van der Waals surface area contributed by atoms with Crippen molar-refractivity contribution >= 4 is 5.91 Å². The summed E-state index contributed by atoms with van der Waals surface area (Å²) >= 11 is 0. The standard InChI is InChI=1S/C12H18N2O2/c1-8-5-11(16-3)9(2)4-10(8)6-14-7-12(13)15/h4-5,14H,6-7H2,1-3H3,(H2,13,15). The summed E-state index contributed by atoms with van der Waals surface area (Å²) in [7, 11) is 1.66. The minimum Gasteiger partial charge on any atom is -0.496 e. The molecule has 0 spiro atoms. The molecule has 0 unspecified atom stereocenters. The molecule has 0 heterocycles. The Morgan fingerprint density at radius 1 is 1.38 bits per heavy atom. The minimum absolute atomic E-state index is 0.199. The maximum absolute atomic E-state index is 10.6. The third kappa shape index (κ3) is 3.24. The van der Waals surface area contributed by atoms with Crippen molar-refractivity contribution in [3.05, 3.63) is 28.8 Å². The van der Waals surface area contributed by atoms with Gasteiger partial charge in [0, 0.05) is 6.54 Å². The summed E-state index contributed by atoms with van der Waals surface area (Å²) in [6, 6.07) is 4.05. The molecule has 16 heavy (non-hydrogen) atoms. The second-order valence-corrected chi connectivity index (χ2v) is 3.82. The predicted octanol–water partition coefficient (Wildman–Crippen LogP) is 0.887. The molecule has 0 aliphatic carbocycles. The van der Waals surface area contributed by atoms with Gasteiger partial charge < -0.3 is 15.8 Å². The van der Waals surface area contributed by atoms with E-state index in [1.807, 2.05) is 19.9 Å². The van der Waals surface area contributed by atoms with Crippen LogP contribution in [0.5, 0.6) is 5.75 Å². The fraction of sp³-hybridized carbons (Fsp3) is 0.417. The number of methoxy groups -OCH3 is 1. The quantitative estimate of drug-likeness (QED) is 0.777. The fourth-order valence-corrected chi connectivity index (χ4v) is 1.58. The van der Waals surface area contributed by atoms with Crippen LogP contribution in [0.15, 0.2) is 12.1 Å². The lowest BCUT2D eigenvalue weighted by molar-refractivity contribution is -0.117. The summed E-state index contributed by atoms with van der Waals surface area (Å²) in [5.41, 5.74) is 8.43. The fourth-order valence-electron chi connectivity index (χ4n) is 1.58. The molecule has 4 nitrogen and oxygen atoms in total. The highest BCUT2D eigenvalue weighted by molar-refractivity contribution is 5.75. The SMILES string of the molecule is COc1cc(C)c(CNCC(N)=O)cc1C. The number of hydrogen-bond acceptors (Lipinski definition) is 3. The number of amides is 1. The van der Waals surface area contributed by atoms with E-state index in [1.165, 1.54) is 0 Å². The number of aryl methyl sites for hydroxylation is 2. The topological polar surface area (TPSA) is 64.3 Å². The van der Waals surface area contributed by atoms with E-state index in [1.54, 1.807) is 7.11 Å². The Morgan fingerprint density at radius 3 is 2.62 bits per heavy atom. The van der Waals surface area contributed by atoms with E-state index in [0.717, 1.165) is 22.4 Å². The first-order valence-electron chi connectivity index (χ1n) is 5.17. The minimum atomic E-state index is -0.345. The van der Waals surface area contributed by atoms with Crippen molar-refractivity contribution in [3.63, 3.8) is 0 Å². The number of primary amides is 1. The Morgan fingerprint density at radius 2 is 2.06 bits per heavy atom. The van der Waals surface area contributed by atoms with Crippen LogP contribution in [0, 0.1) is 13.8 Å². The second kappa shape index (κ2) is 5.51. The molecule has 3 N–H and O–H groups in total. The number of nitrogens with one attached hydrogen (secondary N) is 1. The van der Waals surface area contributed by atoms with E-state index >= 15 is 0 Å². The van der Waals surface area contributed by atoms with Gasteiger partial charge in [-0.3, -0.25) is 4.79 Å². The first-order chi connectivity index (χ1) is 7.54. The van der Waals surface area contributed by atoms with Gasteiger partial charge >= 0.3 is 0 Å². The molecule has 0 aliphatic heterocycles. The average molecular weight is 222 g/mol. The summed E-state index contributed by atoms with van der Waals surface area (Å²) in [6.45, 7) is 4.85. The molecule has 4 heteroatoms. The molecule has 0 saturated carbocycles. The zero-order valence-electron chi connectivity index (χ0n) is 9.96. The summed E-state index contributed by atoms with van der Waals surface area (Å²) in [4.78, 5) is 10.6. The van der Waals surface area contributed by atoms with Gasteiger partial charge in [-0.15, -0.1) is 0 Å². The summed E-state index contributed by atoms with van der Waals surface area (Å²) in [5, 5.41) is 2.99. The van der Waals surface area contributed by atoms with E-state index in [2.05, 4.69) is 11.4 Å². The number of nitrogens with two attached hydrogens (primary N) is 1. The molecule has 0 aromatic heterocycles. The van der Waals surface area contributed by atoms with Gasteiger partial charge in [0.25, 0.3) is 0 Å². The van der Waals surface area contributed by atoms with Gasteiger partial charge in [-0.25, -0.2) is 0 Å². The second-order valence-electron chi connectivity index (χ2n) is 3.82. The Hall–Kier alpha value is -1.55.